The van der Waals surface area contributed by atoms with Crippen LogP contribution < -0.4 is 5.32 Å². The molecule has 1 aromatic heterocycles. The van der Waals surface area contributed by atoms with Crippen molar-refractivity contribution in [3.05, 3.63) is 15.6 Å². The van der Waals surface area contributed by atoms with Gasteiger partial charge < -0.3 is 10.1 Å². The Morgan fingerprint density at radius 2 is 2.32 bits per heavy atom. The van der Waals surface area contributed by atoms with Gasteiger partial charge in [-0.25, -0.2) is 4.98 Å². The number of carbonyl (C=O) groups excluding carboxylic acids is 1. The highest BCUT2D eigenvalue weighted by Crippen LogP contribution is 2.25. The third-order valence-corrected chi connectivity index (χ3v) is 4.76. The van der Waals surface area contributed by atoms with Crippen LogP contribution in [0.1, 0.15) is 41.8 Å². The van der Waals surface area contributed by atoms with Crippen LogP contribution in [0.25, 0.3) is 0 Å². The quantitative estimate of drug-likeness (QED) is 0.844. The lowest BCUT2D eigenvalue weighted by Gasteiger charge is -2.21. The van der Waals surface area contributed by atoms with E-state index in [2.05, 4.69) is 17.2 Å². The topological polar surface area (TPSA) is 51.2 Å². The highest BCUT2D eigenvalue weighted by Gasteiger charge is 2.37. The average Bonchev–Trinajstić information content (AvgIpc) is 2.93. The molecule has 0 aromatic carbocycles. The molecule has 1 aromatic rings. The lowest BCUT2D eigenvalue weighted by atomic mass is 10.0. The maximum absolute atomic E-state index is 12.0. The Kier molecular flexibility index (Phi) is 4.58. The Morgan fingerprint density at radius 3 is 2.89 bits per heavy atom. The van der Waals surface area contributed by atoms with Crippen LogP contribution >= 0.6 is 11.3 Å². The minimum atomic E-state index is -0.603. The van der Waals surface area contributed by atoms with Crippen LogP contribution in [-0.4, -0.2) is 29.6 Å². The van der Waals surface area contributed by atoms with Gasteiger partial charge >= 0.3 is 0 Å². The summed E-state index contributed by atoms with van der Waals surface area (Å²) in [6.07, 6.45) is 3.65. The molecule has 19 heavy (non-hydrogen) atoms. The van der Waals surface area contributed by atoms with E-state index in [-0.39, 0.29) is 5.91 Å². The average molecular weight is 282 g/mol. The lowest BCUT2D eigenvalue weighted by Crippen LogP contribution is -2.44. The van der Waals surface area contributed by atoms with Crippen molar-refractivity contribution < 1.29 is 9.53 Å². The number of aryl methyl sites for hydroxylation is 3. The fourth-order valence-corrected chi connectivity index (χ4v) is 3.21. The Morgan fingerprint density at radius 1 is 1.53 bits per heavy atom. The summed E-state index contributed by atoms with van der Waals surface area (Å²) in [5.74, 6) is 0.0245. The van der Waals surface area contributed by atoms with Gasteiger partial charge in [0, 0.05) is 24.4 Å². The number of hydrogen-bond acceptors (Lipinski definition) is 4. The molecule has 0 radical (unpaired) electrons. The van der Waals surface area contributed by atoms with Gasteiger partial charge in [0.05, 0.1) is 10.7 Å². The second-order valence-corrected chi connectivity index (χ2v) is 6.58. The van der Waals surface area contributed by atoms with E-state index in [0.717, 1.165) is 36.4 Å². The zero-order valence-corrected chi connectivity index (χ0v) is 12.7. The number of hydrogen-bond donors (Lipinski definition) is 1. The van der Waals surface area contributed by atoms with E-state index >= 15 is 0 Å². The Hall–Kier alpha value is -0.940. The standard InChI is InChI=1S/C14H22N2O2S/c1-10-11(2)19-12(16-10)6-4-8-15-13(17)14(3)7-5-9-18-14/h4-9H2,1-3H3,(H,15,17)/t14-/m1/s1. The number of nitrogens with zero attached hydrogens (tertiary/aromatic N) is 1. The van der Waals surface area contributed by atoms with E-state index in [1.807, 2.05) is 13.8 Å². The van der Waals surface area contributed by atoms with Crippen molar-refractivity contribution in [2.75, 3.05) is 13.2 Å². The number of carbonyl (C=O) groups is 1. The van der Waals surface area contributed by atoms with Crippen LogP contribution in [0.4, 0.5) is 0 Å². The summed E-state index contributed by atoms with van der Waals surface area (Å²) in [5, 5.41) is 4.13. The first-order valence-electron chi connectivity index (χ1n) is 6.86. The second kappa shape index (κ2) is 6.01. The first kappa shape index (κ1) is 14.5. The molecule has 106 valence electrons. The molecule has 1 aliphatic heterocycles. The molecule has 1 amide bonds. The number of nitrogens with one attached hydrogen (secondary N) is 1. The summed E-state index contributed by atoms with van der Waals surface area (Å²) in [4.78, 5) is 17.8. The number of ether oxygens (including phenoxy) is 1. The van der Waals surface area contributed by atoms with E-state index in [0.29, 0.717) is 13.2 Å². The number of amides is 1. The summed E-state index contributed by atoms with van der Waals surface area (Å²) < 4.78 is 5.51. The normalized spacial score (nSPS) is 22.7. The maximum atomic E-state index is 12.0. The molecule has 0 unspecified atom stereocenters. The summed E-state index contributed by atoms with van der Waals surface area (Å²) >= 11 is 1.75. The van der Waals surface area contributed by atoms with Gasteiger partial charge in [-0.3, -0.25) is 4.79 Å². The Bertz CT molecular complexity index is 431. The summed E-state index contributed by atoms with van der Waals surface area (Å²) in [5.41, 5.74) is 0.518. The highest BCUT2D eigenvalue weighted by molar-refractivity contribution is 7.11. The van der Waals surface area contributed by atoms with Gasteiger partial charge in [-0.15, -0.1) is 11.3 Å². The molecule has 0 aliphatic carbocycles. The molecule has 2 heterocycles. The SMILES string of the molecule is Cc1nc(CCCNC(=O)[C@@]2(C)CCCO2)sc1C. The first-order valence-corrected chi connectivity index (χ1v) is 7.68. The van der Waals surface area contributed by atoms with E-state index < -0.39 is 5.60 Å². The molecule has 2 rings (SSSR count). The molecule has 1 N–H and O–H groups in total. The lowest BCUT2D eigenvalue weighted by molar-refractivity contribution is -0.139. The first-order chi connectivity index (χ1) is 9.01. The van der Waals surface area contributed by atoms with Gasteiger partial charge in [-0.2, -0.15) is 0 Å². The van der Waals surface area contributed by atoms with Gasteiger partial charge in [0.15, 0.2) is 0 Å². The van der Waals surface area contributed by atoms with E-state index in [4.69, 9.17) is 4.74 Å². The maximum Gasteiger partial charge on any atom is 0.251 e. The van der Waals surface area contributed by atoms with Crippen molar-refractivity contribution >= 4 is 17.2 Å². The number of aromatic nitrogens is 1. The summed E-state index contributed by atoms with van der Waals surface area (Å²) in [6.45, 7) is 7.39. The van der Waals surface area contributed by atoms with Gasteiger partial charge in [-0.1, -0.05) is 0 Å². The number of rotatable bonds is 5. The zero-order valence-electron chi connectivity index (χ0n) is 11.9. The summed E-state index contributed by atoms with van der Waals surface area (Å²) in [6, 6.07) is 0. The second-order valence-electron chi connectivity index (χ2n) is 5.29. The third kappa shape index (κ3) is 3.54. The predicted octanol–water partition coefficient (Wildman–Crippen LogP) is 2.38. The van der Waals surface area contributed by atoms with E-state index in [1.165, 1.54) is 4.88 Å². The van der Waals surface area contributed by atoms with E-state index in [1.54, 1.807) is 11.3 Å². The van der Waals surface area contributed by atoms with Crippen molar-refractivity contribution in [1.82, 2.24) is 10.3 Å². The minimum absolute atomic E-state index is 0.0245. The molecule has 0 saturated carbocycles. The molecule has 0 bridgehead atoms. The molecule has 1 aliphatic rings. The van der Waals surface area contributed by atoms with Gasteiger partial charge in [0.25, 0.3) is 5.91 Å². The predicted molar refractivity (Wildman–Crippen MR) is 76.5 cm³/mol. The smallest absolute Gasteiger partial charge is 0.251 e. The minimum Gasteiger partial charge on any atom is -0.365 e. The Balaban J connectivity index is 1.70. The molecule has 1 saturated heterocycles. The van der Waals surface area contributed by atoms with E-state index in [9.17, 15) is 4.79 Å². The van der Waals surface area contributed by atoms with Crippen LogP contribution in [0.3, 0.4) is 0 Å². The number of thiazole rings is 1. The molecule has 4 nitrogen and oxygen atoms in total. The van der Waals surface area contributed by atoms with Crippen LogP contribution in [0.15, 0.2) is 0 Å². The van der Waals surface area contributed by atoms with Crippen molar-refractivity contribution in [2.45, 2.75) is 52.1 Å². The monoisotopic (exact) mass is 282 g/mol. The van der Waals surface area contributed by atoms with Crippen molar-refractivity contribution in [1.29, 1.82) is 0 Å². The van der Waals surface area contributed by atoms with Crippen molar-refractivity contribution in [2.24, 2.45) is 0 Å². The molecule has 1 atom stereocenters. The third-order valence-electron chi connectivity index (χ3n) is 3.62. The van der Waals surface area contributed by atoms with Gasteiger partial charge in [-0.05, 0) is 40.0 Å². The molecular formula is C14H22N2O2S. The molecule has 0 spiro atoms. The van der Waals surface area contributed by atoms with Gasteiger partial charge in [0.2, 0.25) is 0 Å². The van der Waals surface area contributed by atoms with Crippen molar-refractivity contribution in [3.8, 4) is 0 Å². The van der Waals surface area contributed by atoms with Crippen molar-refractivity contribution in [3.63, 3.8) is 0 Å². The molecular weight excluding hydrogens is 260 g/mol. The Labute approximate surface area is 118 Å². The highest BCUT2D eigenvalue weighted by atomic mass is 32.1. The van der Waals surface area contributed by atoms with Crippen LogP contribution in [0.5, 0.6) is 0 Å². The zero-order chi connectivity index (χ0) is 13.9. The molecule has 5 heteroatoms. The fourth-order valence-electron chi connectivity index (χ4n) is 2.23. The fraction of sp³-hybridized carbons (Fsp3) is 0.714. The largest absolute Gasteiger partial charge is 0.365 e. The van der Waals surface area contributed by atoms with Gasteiger partial charge in [0.1, 0.15) is 5.60 Å². The van der Waals surface area contributed by atoms with Crippen LogP contribution in [0.2, 0.25) is 0 Å². The van der Waals surface area contributed by atoms with Crippen LogP contribution in [-0.2, 0) is 16.0 Å². The molecule has 1 fully saturated rings. The van der Waals surface area contributed by atoms with Crippen LogP contribution in [0, 0.1) is 13.8 Å². The summed E-state index contributed by atoms with van der Waals surface area (Å²) in [7, 11) is 0.